The summed E-state index contributed by atoms with van der Waals surface area (Å²) in [6, 6.07) is 0. The number of carbonyl (C=O) groups excluding carboxylic acids is 2. The zero-order valence-corrected chi connectivity index (χ0v) is 10.9. The van der Waals surface area contributed by atoms with E-state index in [9.17, 15) is 14.4 Å². The van der Waals surface area contributed by atoms with E-state index in [0.29, 0.717) is 19.3 Å². The highest BCUT2D eigenvalue weighted by molar-refractivity contribution is 5.85. The number of aliphatic hydroxyl groups is 1. The summed E-state index contributed by atoms with van der Waals surface area (Å²) in [5.41, 5.74) is 0.164. The van der Waals surface area contributed by atoms with Crippen molar-refractivity contribution in [3.8, 4) is 0 Å². The van der Waals surface area contributed by atoms with Crippen molar-refractivity contribution < 1.29 is 29.3 Å². The van der Waals surface area contributed by atoms with Gasteiger partial charge in [-0.3, -0.25) is 9.59 Å². The van der Waals surface area contributed by atoms with Crippen molar-refractivity contribution >= 4 is 17.9 Å². The van der Waals surface area contributed by atoms with Gasteiger partial charge in [-0.15, -0.1) is 0 Å². The number of hydrogen-bond donors (Lipinski definition) is 2. The molecule has 0 aromatic heterocycles. The maximum atomic E-state index is 10.2. The lowest BCUT2D eigenvalue weighted by Gasteiger charge is -2.05. The molecule has 0 fully saturated rings. The summed E-state index contributed by atoms with van der Waals surface area (Å²) in [4.78, 5) is 29.8. The van der Waals surface area contributed by atoms with Crippen LogP contribution in [-0.4, -0.2) is 34.2 Å². The molecular formula is C12H20O6. The highest BCUT2D eigenvalue weighted by Gasteiger charge is 2.06. The van der Waals surface area contributed by atoms with E-state index in [1.54, 1.807) is 0 Å². The van der Waals surface area contributed by atoms with Crippen LogP contribution in [-0.2, 0) is 19.1 Å². The number of esters is 2. The average molecular weight is 260 g/mol. The third kappa shape index (κ3) is 14.3. The van der Waals surface area contributed by atoms with Gasteiger partial charge in [0.1, 0.15) is 0 Å². The highest BCUT2D eigenvalue weighted by Crippen LogP contribution is 2.07. The van der Waals surface area contributed by atoms with E-state index >= 15 is 0 Å². The van der Waals surface area contributed by atoms with Crippen LogP contribution in [0.3, 0.4) is 0 Å². The summed E-state index contributed by atoms with van der Waals surface area (Å²) in [6.45, 7) is 7.57. The van der Waals surface area contributed by atoms with Crippen LogP contribution in [0.1, 0.15) is 40.0 Å². The predicted molar refractivity (Wildman–Crippen MR) is 64.8 cm³/mol. The zero-order chi connectivity index (χ0) is 14.7. The van der Waals surface area contributed by atoms with Crippen LogP contribution in [0.5, 0.6) is 0 Å². The molecule has 6 nitrogen and oxygen atoms in total. The molecule has 104 valence electrons. The molecule has 0 amide bonds. The summed E-state index contributed by atoms with van der Waals surface area (Å²) in [5.74, 6) is -2.10. The van der Waals surface area contributed by atoms with Gasteiger partial charge in [-0.1, -0.05) is 13.5 Å². The van der Waals surface area contributed by atoms with E-state index in [0.717, 1.165) is 0 Å². The van der Waals surface area contributed by atoms with Crippen LogP contribution >= 0.6 is 0 Å². The Morgan fingerprint density at radius 1 is 1.22 bits per heavy atom. The largest absolute Gasteiger partial charge is 0.478 e. The van der Waals surface area contributed by atoms with Crippen LogP contribution in [0.15, 0.2) is 12.2 Å². The number of carbonyl (C=O) groups is 3. The summed E-state index contributed by atoms with van der Waals surface area (Å²) in [7, 11) is 0. The first-order chi connectivity index (χ1) is 8.20. The Bertz CT molecular complexity index is 296. The standard InChI is InChI=1S/C8H14O3.C4H6O3/c1-3-7(9)5-4-6(2)8(10)11;1-3(5)7-4(2)6/h7,9H,2-5H2,1H3,(H,10,11);1-2H3. The Labute approximate surface area is 106 Å². The molecule has 1 atom stereocenters. The first kappa shape index (κ1) is 18.7. The van der Waals surface area contributed by atoms with E-state index in [1.807, 2.05) is 6.92 Å². The topological polar surface area (TPSA) is 101 Å². The molecule has 0 saturated heterocycles. The lowest BCUT2D eigenvalue weighted by molar-refractivity contribution is -0.156. The monoisotopic (exact) mass is 260 g/mol. The second-order valence-corrected chi connectivity index (χ2v) is 3.59. The molecule has 0 bridgehead atoms. The average Bonchev–Trinajstić information content (AvgIpc) is 2.23. The first-order valence-corrected chi connectivity index (χ1v) is 5.48. The number of hydrogen-bond acceptors (Lipinski definition) is 5. The minimum Gasteiger partial charge on any atom is -0.478 e. The molecule has 2 N–H and O–H groups in total. The molecule has 0 aliphatic heterocycles. The fourth-order valence-corrected chi connectivity index (χ4v) is 0.854. The van der Waals surface area contributed by atoms with Crippen molar-refractivity contribution in [1.29, 1.82) is 0 Å². The Kier molecular flexibility index (Phi) is 10.9. The molecule has 6 heteroatoms. The fraction of sp³-hybridized carbons (Fsp3) is 0.583. The second-order valence-electron chi connectivity index (χ2n) is 3.59. The quantitative estimate of drug-likeness (QED) is 0.438. The van der Waals surface area contributed by atoms with Crippen LogP contribution in [0.25, 0.3) is 0 Å². The lowest BCUT2D eigenvalue weighted by atomic mass is 10.1. The third-order valence-electron chi connectivity index (χ3n) is 1.84. The Morgan fingerprint density at radius 2 is 1.67 bits per heavy atom. The van der Waals surface area contributed by atoms with Gasteiger partial charge in [0.15, 0.2) is 0 Å². The van der Waals surface area contributed by atoms with Crippen molar-refractivity contribution in [3.05, 3.63) is 12.2 Å². The van der Waals surface area contributed by atoms with Crippen molar-refractivity contribution in [2.75, 3.05) is 0 Å². The Hall–Kier alpha value is -1.69. The number of carboxylic acid groups (broad SMARTS) is 1. The van der Waals surface area contributed by atoms with E-state index in [1.165, 1.54) is 13.8 Å². The van der Waals surface area contributed by atoms with Gasteiger partial charge in [0, 0.05) is 19.4 Å². The number of aliphatic carboxylic acids is 1. The number of ether oxygens (including phenoxy) is 1. The zero-order valence-electron chi connectivity index (χ0n) is 10.9. The second kappa shape index (κ2) is 10.5. The van der Waals surface area contributed by atoms with E-state index < -0.39 is 24.0 Å². The SMILES string of the molecule is C=C(CCC(O)CC)C(=O)O.CC(=O)OC(C)=O. The molecule has 0 saturated carbocycles. The maximum absolute atomic E-state index is 10.2. The molecule has 0 spiro atoms. The minimum atomic E-state index is -0.978. The number of aliphatic hydroxyl groups excluding tert-OH is 1. The van der Waals surface area contributed by atoms with Crippen molar-refractivity contribution in [2.24, 2.45) is 0 Å². The van der Waals surface area contributed by atoms with Gasteiger partial charge >= 0.3 is 17.9 Å². The van der Waals surface area contributed by atoms with Gasteiger partial charge in [-0.2, -0.15) is 0 Å². The van der Waals surface area contributed by atoms with Crippen molar-refractivity contribution in [1.82, 2.24) is 0 Å². The molecule has 0 rings (SSSR count). The van der Waals surface area contributed by atoms with Crippen molar-refractivity contribution in [2.45, 2.75) is 46.1 Å². The molecule has 0 aliphatic carbocycles. The van der Waals surface area contributed by atoms with Gasteiger partial charge in [-0.25, -0.2) is 4.79 Å². The number of rotatable bonds is 5. The Morgan fingerprint density at radius 3 is 1.89 bits per heavy atom. The maximum Gasteiger partial charge on any atom is 0.330 e. The highest BCUT2D eigenvalue weighted by atomic mass is 16.6. The van der Waals surface area contributed by atoms with Crippen molar-refractivity contribution in [3.63, 3.8) is 0 Å². The van der Waals surface area contributed by atoms with E-state index in [4.69, 9.17) is 10.2 Å². The van der Waals surface area contributed by atoms with Crippen LogP contribution in [0, 0.1) is 0 Å². The molecule has 0 aromatic carbocycles. The van der Waals surface area contributed by atoms with Gasteiger partial charge in [-0.05, 0) is 19.3 Å². The lowest BCUT2D eigenvalue weighted by Crippen LogP contribution is -2.07. The van der Waals surface area contributed by atoms with Gasteiger partial charge in [0.2, 0.25) is 0 Å². The molecule has 0 heterocycles. The molecule has 1 unspecified atom stereocenters. The first-order valence-electron chi connectivity index (χ1n) is 5.48. The molecule has 0 radical (unpaired) electrons. The van der Waals surface area contributed by atoms with E-state index in [-0.39, 0.29) is 5.57 Å². The molecule has 0 aliphatic rings. The normalized spacial score (nSPS) is 10.7. The summed E-state index contributed by atoms with van der Waals surface area (Å²) in [5, 5.41) is 17.4. The Balaban J connectivity index is 0. The van der Waals surface area contributed by atoms with Crippen LogP contribution < -0.4 is 0 Å². The molecule has 18 heavy (non-hydrogen) atoms. The summed E-state index contributed by atoms with van der Waals surface area (Å²) < 4.78 is 3.97. The summed E-state index contributed by atoms with van der Waals surface area (Å²) in [6.07, 6.45) is 1.12. The van der Waals surface area contributed by atoms with Gasteiger partial charge in [0.05, 0.1) is 6.10 Å². The van der Waals surface area contributed by atoms with Gasteiger partial charge < -0.3 is 14.9 Å². The fourth-order valence-electron chi connectivity index (χ4n) is 0.854. The minimum absolute atomic E-state index is 0.164. The summed E-state index contributed by atoms with van der Waals surface area (Å²) >= 11 is 0. The van der Waals surface area contributed by atoms with Crippen LogP contribution in [0.4, 0.5) is 0 Å². The smallest absolute Gasteiger partial charge is 0.330 e. The van der Waals surface area contributed by atoms with Crippen LogP contribution in [0.2, 0.25) is 0 Å². The molecular weight excluding hydrogens is 240 g/mol. The number of carboxylic acids is 1. The third-order valence-corrected chi connectivity index (χ3v) is 1.84. The molecule has 0 aromatic rings. The van der Waals surface area contributed by atoms with Gasteiger partial charge in [0.25, 0.3) is 0 Å². The van der Waals surface area contributed by atoms with E-state index in [2.05, 4.69) is 11.3 Å². The predicted octanol–water partition coefficient (Wildman–Crippen LogP) is 1.27.